The van der Waals surface area contributed by atoms with Crippen molar-refractivity contribution in [3.05, 3.63) is 0 Å². The van der Waals surface area contributed by atoms with E-state index in [0.29, 0.717) is 0 Å². The zero-order valence-corrected chi connectivity index (χ0v) is 13.2. The van der Waals surface area contributed by atoms with Gasteiger partial charge in [0.1, 0.15) is 5.54 Å². The zero-order chi connectivity index (χ0) is 14.6. The SMILES string of the molecule is CCCNC(C)(C#N)CCCCN(C)CCCOC. The van der Waals surface area contributed by atoms with Crippen molar-refractivity contribution in [3.63, 3.8) is 0 Å². The minimum absolute atomic E-state index is 0.357. The Kier molecular flexibility index (Phi) is 10.8. The van der Waals surface area contributed by atoms with E-state index in [0.717, 1.165) is 58.3 Å². The van der Waals surface area contributed by atoms with Crippen LogP contribution in [-0.2, 0) is 4.74 Å². The van der Waals surface area contributed by atoms with Gasteiger partial charge in [-0.2, -0.15) is 5.26 Å². The maximum absolute atomic E-state index is 9.23. The number of hydrogen-bond donors (Lipinski definition) is 1. The van der Waals surface area contributed by atoms with Crippen LogP contribution in [0.1, 0.15) is 46.0 Å². The molecule has 0 rings (SSSR count). The molecule has 0 aliphatic heterocycles. The molecule has 0 spiro atoms. The van der Waals surface area contributed by atoms with Gasteiger partial charge >= 0.3 is 0 Å². The average molecular weight is 269 g/mol. The number of hydrogen-bond acceptors (Lipinski definition) is 4. The highest BCUT2D eigenvalue weighted by atomic mass is 16.5. The third kappa shape index (κ3) is 9.89. The molecule has 0 aromatic carbocycles. The summed E-state index contributed by atoms with van der Waals surface area (Å²) in [5.41, 5.74) is -0.357. The summed E-state index contributed by atoms with van der Waals surface area (Å²) >= 11 is 0. The first-order chi connectivity index (χ1) is 9.08. The Hall–Kier alpha value is -0.630. The predicted octanol–water partition coefficient (Wildman–Crippen LogP) is 2.41. The van der Waals surface area contributed by atoms with E-state index in [-0.39, 0.29) is 5.54 Å². The van der Waals surface area contributed by atoms with Crippen molar-refractivity contribution in [1.82, 2.24) is 10.2 Å². The number of methoxy groups -OCH3 is 1. The van der Waals surface area contributed by atoms with Crippen LogP contribution in [0.3, 0.4) is 0 Å². The molecule has 0 aromatic rings. The number of nitriles is 1. The standard InChI is InChI=1S/C15H31N3O/c1-5-10-17-15(2,14-16)9-6-7-11-18(3)12-8-13-19-4/h17H,5-13H2,1-4H3. The van der Waals surface area contributed by atoms with Crippen LogP contribution in [0.25, 0.3) is 0 Å². The molecule has 4 heteroatoms. The lowest BCUT2D eigenvalue weighted by Crippen LogP contribution is -2.41. The highest BCUT2D eigenvalue weighted by molar-refractivity contribution is 5.03. The monoisotopic (exact) mass is 269 g/mol. The van der Waals surface area contributed by atoms with E-state index >= 15 is 0 Å². The Balaban J connectivity index is 3.68. The molecule has 0 saturated heterocycles. The Morgan fingerprint density at radius 3 is 2.53 bits per heavy atom. The summed E-state index contributed by atoms with van der Waals surface area (Å²) in [5, 5.41) is 12.6. The van der Waals surface area contributed by atoms with E-state index in [2.05, 4.69) is 30.3 Å². The molecule has 1 N–H and O–H groups in total. The van der Waals surface area contributed by atoms with E-state index in [4.69, 9.17) is 4.74 Å². The molecule has 0 amide bonds. The summed E-state index contributed by atoms with van der Waals surface area (Å²) in [4.78, 5) is 2.34. The zero-order valence-electron chi connectivity index (χ0n) is 13.2. The van der Waals surface area contributed by atoms with Crippen molar-refractivity contribution in [2.24, 2.45) is 0 Å². The van der Waals surface area contributed by atoms with Crippen LogP contribution in [-0.4, -0.2) is 50.8 Å². The highest BCUT2D eigenvalue weighted by Crippen LogP contribution is 2.13. The molecule has 0 radical (unpaired) electrons. The molecule has 0 saturated carbocycles. The topological polar surface area (TPSA) is 48.3 Å². The van der Waals surface area contributed by atoms with Gasteiger partial charge in [0.15, 0.2) is 0 Å². The normalized spacial score (nSPS) is 14.3. The van der Waals surface area contributed by atoms with E-state index < -0.39 is 0 Å². The molecule has 19 heavy (non-hydrogen) atoms. The van der Waals surface area contributed by atoms with Crippen LogP contribution >= 0.6 is 0 Å². The van der Waals surface area contributed by atoms with Crippen LogP contribution in [0, 0.1) is 11.3 Å². The second-order valence-corrected chi connectivity index (χ2v) is 5.48. The van der Waals surface area contributed by atoms with Crippen LogP contribution in [0.5, 0.6) is 0 Å². The van der Waals surface area contributed by atoms with Crippen LogP contribution < -0.4 is 5.32 Å². The van der Waals surface area contributed by atoms with E-state index in [9.17, 15) is 5.26 Å². The van der Waals surface area contributed by atoms with Crippen molar-refractivity contribution in [2.75, 3.05) is 40.4 Å². The molecule has 1 atom stereocenters. The Morgan fingerprint density at radius 1 is 1.26 bits per heavy atom. The van der Waals surface area contributed by atoms with Crippen LogP contribution in [0.4, 0.5) is 0 Å². The lowest BCUT2D eigenvalue weighted by molar-refractivity contribution is 0.178. The Morgan fingerprint density at radius 2 is 1.95 bits per heavy atom. The first kappa shape index (κ1) is 18.4. The van der Waals surface area contributed by atoms with Gasteiger partial charge in [-0.15, -0.1) is 0 Å². The van der Waals surface area contributed by atoms with Gasteiger partial charge in [-0.25, -0.2) is 0 Å². The smallest absolute Gasteiger partial charge is 0.103 e. The second-order valence-electron chi connectivity index (χ2n) is 5.48. The minimum atomic E-state index is -0.357. The first-order valence-electron chi connectivity index (χ1n) is 7.41. The summed E-state index contributed by atoms with van der Waals surface area (Å²) in [6, 6.07) is 2.40. The van der Waals surface area contributed by atoms with Crippen molar-refractivity contribution in [2.45, 2.75) is 51.5 Å². The average Bonchev–Trinajstić information content (AvgIpc) is 2.42. The summed E-state index contributed by atoms with van der Waals surface area (Å²) in [6.07, 6.45) is 5.32. The molecular formula is C15H31N3O. The van der Waals surface area contributed by atoms with Crippen LogP contribution in [0.2, 0.25) is 0 Å². The molecule has 0 bridgehead atoms. The van der Waals surface area contributed by atoms with Gasteiger partial charge in [-0.1, -0.05) is 6.92 Å². The summed E-state index contributed by atoms with van der Waals surface area (Å²) < 4.78 is 5.04. The molecular weight excluding hydrogens is 238 g/mol. The molecule has 0 aliphatic rings. The Labute approximate surface area is 119 Å². The van der Waals surface area contributed by atoms with Gasteiger partial charge in [-0.05, 0) is 59.2 Å². The molecule has 1 unspecified atom stereocenters. The van der Waals surface area contributed by atoms with Crippen LogP contribution in [0.15, 0.2) is 0 Å². The lowest BCUT2D eigenvalue weighted by atomic mass is 9.96. The molecule has 0 fully saturated rings. The third-order valence-electron chi connectivity index (χ3n) is 3.37. The number of rotatable bonds is 12. The molecule has 0 aromatic heterocycles. The lowest BCUT2D eigenvalue weighted by Gasteiger charge is -2.23. The summed E-state index contributed by atoms with van der Waals surface area (Å²) in [6.45, 7) is 8.06. The van der Waals surface area contributed by atoms with Gasteiger partial charge in [0.05, 0.1) is 6.07 Å². The number of nitrogens with zero attached hydrogens (tertiary/aromatic N) is 2. The van der Waals surface area contributed by atoms with Gasteiger partial charge in [0.2, 0.25) is 0 Å². The largest absolute Gasteiger partial charge is 0.385 e. The van der Waals surface area contributed by atoms with Crippen molar-refractivity contribution >= 4 is 0 Å². The summed E-state index contributed by atoms with van der Waals surface area (Å²) in [5.74, 6) is 0. The van der Waals surface area contributed by atoms with Gasteiger partial charge in [-0.3, -0.25) is 5.32 Å². The number of nitrogens with one attached hydrogen (secondary N) is 1. The molecule has 112 valence electrons. The number of ether oxygens (including phenoxy) is 1. The van der Waals surface area contributed by atoms with Gasteiger partial charge in [0.25, 0.3) is 0 Å². The van der Waals surface area contributed by atoms with Gasteiger partial charge < -0.3 is 9.64 Å². The first-order valence-corrected chi connectivity index (χ1v) is 7.41. The predicted molar refractivity (Wildman–Crippen MR) is 80.2 cm³/mol. The quantitative estimate of drug-likeness (QED) is 0.553. The second kappa shape index (κ2) is 11.2. The summed E-state index contributed by atoms with van der Waals surface area (Å²) in [7, 11) is 3.89. The van der Waals surface area contributed by atoms with Gasteiger partial charge in [0, 0.05) is 20.3 Å². The minimum Gasteiger partial charge on any atom is -0.385 e. The highest BCUT2D eigenvalue weighted by Gasteiger charge is 2.21. The fourth-order valence-corrected chi connectivity index (χ4v) is 2.04. The third-order valence-corrected chi connectivity index (χ3v) is 3.37. The fourth-order valence-electron chi connectivity index (χ4n) is 2.04. The maximum atomic E-state index is 9.23. The molecule has 0 heterocycles. The fraction of sp³-hybridized carbons (Fsp3) is 0.933. The Bertz CT molecular complexity index is 252. The molecule has 0 aliphatic carbocycles. The van der Waals surface area contributed by atoms with Crippen molar-refractivity contribution < 1.29 is 4.74 Å². The van der Waals surface area contributed by atoms with E-state index in [1.165, 1.54) is 0 Å². The maximum Gasteiger partial charge on any atom is 0.103 e. The van der Waals surface area contributed by atoms with Crippen molar-refractivity contribution in [1.29, 1.82) is 5.26 Å². The van der Waals surface area contributed by atoms with E-state index in [1.54, 1.807) is 7.11 Å². The van der Waals surface area contributed by atoms with Crippen molar-refractivity contribution in [3.8, 4) is 6.07 Å². The van der Waals surface area contributed by atoms with E-state index in [1.807, 2.05) is 6.92 Å². The molecule has 4 nitrogen and oxygen atoms in total. The number of unbranched alkanes of at least 4 members (excludes halogenated alkanes) is 1.